The van der Waals surface area contributed by atoms with Gasteiger partial charge < -0.3 is 29.2 Å². The summed E-state index contributed by atoms with van der Waals surface area (Å²) >= 11 is 5.42. The summed E-state index contributed by atoms with van der Waals surface area (Å²) in [6.07, 6.45) is 1.99. The van der Waals surface area contributed by atoms with E-state index >= 15 is 0 Å². The normalized spacial score (nSPS) is 17.3. The molecule has 59 heavy (non-hydrogen) atoms. The van der Waals surface area contributed by atoms with Crippen LogP contribution < -0.4 is 9.47 Å². The zero-order valence-corrected chi connectivity index (χ0v) is 35.8. The number of thiophene rings is 4. The summed E-state index contributed by atoms with van der Waals surface area (Å²) in [6, 6.07) is 33.9. The number of nitrogens with zero attached hydrogens (tertiary/aromatic N) is 2. The third-order valence-electron chi connectivity index (χ3n) is 10.2. The van der Waals surface area contributed by atoms with Gasteiger partial charge in [0.05, 0.1) is 26.1 Å². The van der Waals surface area contributed by atoms with Crippen molar-refractivity contribution < 1.29 is 38.7 Å². The van der Waals surface area contributed by atoms with Crippen LogP contribution in [0.4, 0.5) is 0 Å². The molecule has 6 heterocycles. The summed E-state index contributed by atoms with van der Waals surface area (Å²) in [6.45, 7) is 5.94. The minimum absolute atomic E-state index is 0.209. The maximum Gasteiger partial charge on any atom is 0.349 e. The van der Waals surface area contributed by atoms with Gasteiger partial charge in [-0.05, 0) is 89.3 Å². The fourth-order valence-electron chi connectivity index (χ4n) is 7.05. The van der Waals surface area contributed by atoms with Gasteiger partial charge in [-0.25, -0.2) is 9.59 Å². The minimum Gasteiger partial charge on any atom is -0.494 e. The van der Waals surface area contributed by atoms with E-state index in [-0.39, 0.29) is 12.2 Å². The fraction of sp³-hybridized carbons (Fsp3) is 0.333. The van der Waals surface area contributed by atoms with E-state index in [2.05, 4.69) is 9.80 Å². The lowest BCUT2D eigenvalue weighted by molar-refractivity contribution is -0.167. The predicted molar refractivity (Wildman–Crippen MR) is 234 cm³/mol. The van der Waals surface area contributed by atoms with Crippen LogP contribution in [0.15, 0.2) is 131 Å². The van der Waals surface area contributed by atoms with Gasteiger partial charge in [-0.1, -0.05) is 60.7 Å². The van der Waals surface area contributed by atoms with Crippen LogP contribution in [0.1, 0.15) is 38.8 Å². The zero-order valence-electron chi connectivity index (χ0n) is 32.5. The van der Waals surface area contributed by atoms with E-state index in [1.54, 1.807) is 24.3 Å². The molecule has 0 amide bonds. The number of likely N-dealkylation sites (tertiary alicyclic amines) is 2. The summed E-state index contributed by atoms with van der Waals surface area (Å²) in [7, 11) is 0. The lowest BCUT2D eigenvalue weighted by Gasteiger charge is -2.26. The first kappa shape index (κ1) is 42.7. The topological polar surface area (TPSA) is 118 Å². The first-order valence-electron chi connectivity index (χ1n) is 19.7. The zero-order chi connectivity index (χ0) is 40.9. The van der Waals surface area contributed by atoms with Crippen LogP contribution in [0, 0.1) is 0 Å². The fourth-order valence-corrected chi connectivity index (χ4v) is 10.5. The molecule has 0 saturated carbocycles. The van der Waals surface area contributed by atoms with Crippen molar-refractivity contribution >= 4 is 57.3 Å². The summed E-state index contributed by atoms with van der Waals surface area (Å²) in [5.41, 5.74) is -3.48. The Morgan fingerprint density at radius 1 is 0.542 bits per heavy atom. The molecule has 2 saturated heterocycles. The van der Waals surface area contributed by atoms with Crippen molar-refractivity contribution in [2.45, 2.75) is 42.7 Å². The summed E-state index contributed by atoms with van der Waals surface area (Å²) in [5.74, 6) is 0.542. The molecular formula is C45H48N2O8S4. The van der Waals surface area contributed by atoms with Crippen molar-refractivity contribution in [1.82, 2.24) is 9.80 Å². The quantitative estimate of drug-likeness (QED) is 0.0693. The second-order valence-electron chi connectivity index (χ2n) is 14.2. The maximum atomic E-state index is 13.0. The minimum atomic E-state index is -1.74. The molecule has 2 aliphatic heterocycles. The molecule has 2 fully saturated rings. The second-order valence-corrected chi connectivity index (χ2v) is 18.0. The van der Waals surface area contributed by atoms with Crippen LogP contribution in [0.25, 0.3) is 0 Å². The summed E-state index contributed by atoms with van der Waals surface area (Å²) in [5, 5.41) is 30.0. The Balaban J connectivity index is 0.000000179. The smallest absolute Gasteiger partial charge is 0.349 e. The lowest BCUT2D eigenvalue weighted by Crippen LogP contribution is -2.40. The van der Waals surface area contributed by atoms with E-state index in [1.165, 1.54) is 45.3 Å². The van der Waals surface area contributed by atoms with Gasteiger partial charge in [0, 0.05) is 39.3 Å². The van der Waals surface area contributed by atoms with Crippen molar-refractivity contribution in [1.29, 1.82) is 0 Å². The van der Waals surface area contributed by atoms with Crippen LogP contribution in [0.3, 0.4) is 0 Å². The molecule has 310 valence electrons. The highest BCUT2D eigenvalue weighted by Gasteiger charge is 2.46. The third-order valence-corrected chi connectivity index (χ3v) is 14.1. The van der Waals surface area contributed by atoms with E-state index in [1.807, 2.05) is 106 Å². The first-order valence-corrected chi connectivity index (χ1v) is 23.2. The molecule has 2 atom stereocenters. The highest BCUT2D eigenvalue weighted by atomic mass is 32.1. The van der Waals surface area contributed by atoms with Crippen molar-refractivity contribution in [3.63, 3.8) is 0 Å². The predicted octanol–water partition coefficient (Wildman–Crippen LogP) is 7.87. The maximum absolute atomic E-state index is 13.0. The average Bonchev–Trinajstić information content (AvgIpc) is 4.12. The largest absolute Gasteiger partial charge is 0.494 e. The number of ether oxygens (including phenoxy) is 4. The van der Waals surface area contributed by atoms with Gasteiger partial charge in [0.1, 0.15) is 30.3 Å². The van der Waals surface area contributed by atoms with Crippen LogP contribution in [0.5, 0.6) is 11.5 Å². The van der Waals surface area contributed by atoms with Crippen molar-refractivity contribution in [2.24, 2.45) is 0 Å². The van der Waals surface area contributed by atoms with E-state index < -0.39 is 23.1 Å². The molecule has 2 N–H and O–H groups in total. The van der Waals surface area contributed by atoms with Crippen LogP contribution in [-0.4, -0.2) is 96.6 Å². The Kier molecular flexibility index (Phi) is 15.0. The molecule has 2 aromatic carbocycles. The average molecular weight is 873 g/mol. The van der Waals surface area contributed by atoms with E-state index in [0.29, 0.717) is 45.8 Å². The highest BCUT2D eigenvalue weighted by molar-refractivity contribution is 7.12. The molecule has 0 bridgehead atoms. The Morgan fingerprint density at radius 2 is 0.932 bits per heavy atom. The third kappa shape index (κ3) is 10.9. The molecule has 6 aromatic rings. The van der Waals surface area contributed by atoms with Gasteiger partial charge >= 0.3 is 11.9 Å². The highest BCUT2D eigenvalue weighted by Crippen LogP contribution is 2.39. The van der Waals surface area contributed by atoms with E-state index in [0.717, 1.165) is 56.9 Å². The number of carbonyl (C=O) groups is 2. The summed E-state index contributed by atoms with van der Waals surface area (Å²) < 4.78 is 23.0. The van der Waals surface area contributed by atoms with Gasteiger partial charge in [0.15, 0.2) is 0 Å². The molecule has 0 aliphatic carbocycles. The second kappa shape index (κ2) is 20.7. The standard InChI is InChI=1S/C23H25NO4S2.C22H23NO4S2/c25-22(23(26,20-9-4-15-29-20)21-10-5-16-30-21)28-19-11-13-24(17-19)12-6-14-27-18-7-2-1-3-8-18;24-21(22(25,19-8-4-14-28-19)20-9-5-15-29-20)27-18-10-11-23(16-18)12-13-26-17-6-2-1-3-7-17/h1-5,7-10,15-16,19,26H,6,11-14,17H2;1-9,14-15,18,25H,10-13,16H2/t19-;18-/m11/s1. The lowest BCUT2D eigenvalue weighted by atomic mass is 10.00. The number of aliphatic hydroxyl groups is 2. The van der Waals surface area contributed by atoms with Crippen molar-refractivity contribution in [3.8, 4) is 11.5 Å². The Morgan fingerprint density at radius 3 is 1.32 bits per heavy atom. The number of benzene rings is 2. The molecule has 14 heteroatoms. The van der Waals surface area contributed by atoms with Gasteiger partial charge in [-0.2, -0.15) is 0 Å². The molecule has 0 unspecified atom stereocenters. The molecular weight excluding hydrogens is 825 g/mol. The number of esters is 2. The number of para-hydroxylation sites is 2. The molecule has 10 nitrogen and oxygen atoms in total. The van der Waals surface area contributed by atoms with E-state index in [4.69, 9.17) is 18.9 Å². The SMILES string of the molecule is O=C(O[C@@H]1CCN(CCCOc2ccccc2)C1)C(O)(c1cccs1)c1cccs1.O=C(O[C@@H]1CCN(CCOc2ccccc2)C1)C(O)(c1cccs1)c1cccs1. The van der Waals surface area contributed by atoms with Crippen LogP contribution in [-0.2, 0) is 30.3 Å². The molecule has 8 rings (SSSR count). The number of rotatable bonds is 17. The molecule has 4 aromatic heterocycles. The molecule has 0 radical (unpaired) electrons. The Hall–Kier alpha value is -4.38. The van der Waals surface area contributed by atoms with Gasteiger partial charge in [0.2, 0.25) is 11.2 Å². The molecule has 0 spiro atoms. The van der Waals surface area contributed by atoms with E-state index in [9.17, 15) is 19.8 Å². The number of hydrogen-bond donors (Lipinski definition) is 2. The van der Waals surface area contributed by atoms with Crippen LogP contribution in [0.2, 0.25) is 0 Å². The van der Waals surface area contributed by atoms with Gasteiger partial charge in [-0.3, -0.25) is 9.80 Å². The Labute approximate surface area is 360 Å². The van der Waals surface area contributed by atoms with Crippen molar-refractivity contribution in [3.05, 3.63) is 150 Å². The summed E-state index contributed by atoms with van der Waals surface area (Å²) in [4.78, 5) is 32.9. The molecule has 2 aliphatic rings. The first-order chi connectivity index (χ1) is 28.8. The van der Waals surface area contributed by atoms with Crippen molar-refractivity contribution in [2.75, 3.05) is 52.5 Å². The number of carbonyl (C=O) groups excluding carboxylic acids is 2. The number of hydrogen-bond acceptors (Lipinski definition) is 14. The van der Waals surface area contributed by atoms with Gasteiger partial charge in [0.25, 0.3) is 0 Å². The van der Waals surface area contributed by atoms with Gasteiger partial charge in [-0.15, -0.1) is 45.3 Å². The Bertz CT molecular complexity index is 2050. The van der Waals surface area contributed by atoms with Crippen LogP contribution >= 0.6 is 45.3 Å². The monoisotopic (exact) mass is 872 g/mol.